The van der Waals surface area contributed by atoms with Crippen LogP contribution in [0, 0.1) is 0 Å². The Morgan fingerprint density at radius 1 is 1.30 bits per heavy atom. The van der Waals surface area contributed by atoms with Crippen LogP contribution in [0.15, 0.2) is 12.2 Å². The quantitative estimate of drug-likeness (QED) is 0.596. The Morgan fingerprint density at radius 3 is 2.10 bits per heavy atom. The number of nitrogens with one attached hydrogen (secondary N) is 1. The smallest absolute Gasteiger partial charge is 0.0161 e. The lowest BCUT2D eigenvalue weighted by molar-refractivity contribution is 0.761. The fourth-order valence-electron chi connectivity index (χ4n) is 0.427. The Kier molecular flexibility index (Phi) is 14.2. The van der Waals surface area contributed by atoms with Crippen molar-refractivity contribution < 1.29 is 0 Å². The summed E-state index contributed by atoms with van der Waals surface area (Å²) in [6, 6.07) is 0. The van der Waals surface area contributed by atoms with Gasteiger partial charge in [0.2, 0.25) is 0 Å². The first kappa shape index (κ1) is 12.4. The molecule has 0 heterocycles. The highest BCUT2D eigenvalue weighted by Gasteiger charge is 1.84. The molecule has 1 N–H and O–H groups in total. The van der Waals surface area contributed by atoms with Gasteiger partial charge in [0.05, 0.1) is 0 Å². The zero-order valence-corrected chi connectivity index (χ0v) is 7.83. The summed E-state index contributed by atoms with van der Waals surface area (Å²) in [5.41, 5.74) is 1.28. The molecule has 0 radical (unpaired) electrons. The highest BCUT2D eigenvalue weighted by molar-refractivity contribution is 4.94. The van der Waals surface area contributed by atoms with E-state index in [1.54, 1.807) is 0 Å². The van der Waals surface area contributed by atoms with Crippen LogP contribution in [0.3, 0.4) is 0 Å². The molecule has 0 rings (SSSR count). The average Bonchev–Trinajstić information content (AvgIpc) is 2.04. The molecule has 0 unspecified atom stereocenters. The predicted octanol–water partition coefficient (Wildman–Crippen LogP) is 2.59. The van der Waals surface area contributed by atoms with Crippen LogP contribution in [-0.2, 0) is 0 Å². The molecule has 0 aromatic rings. The van der Waals surface area contributed by atoms with Gasteiger partial charge in [-0.05, 0) is 13.0 Å². The van der Waals surface area contributed by atoms with Crippen molar-refractivity contribution in [3.63, 3.8) is 0 Å². The van der Waals surface area contributed by atoms with E-state index in [2.05, 4.69) is 25.7 Å². The standard InChI is InChI=1S/C7H15N.C2H6/c1-4-7(3)6-8-5-2;1-2/h8H,3-6H2,1-2H3;1-2H3. The van der Waals surface area contributed by atoms with Crippen molar-refractivity contribution in [1.82, 2.24) is 5.32 Å². The largest absolute Gasteiger partial charge is 0.313 e. The lowest BCUT2D eigenvalue weighted by Crippen LogP contribution is -2.15. The molecule has 0 aromatic carbocycles. The maximum Gasteiger partial charge on any atom is 0.0161 e. The topological polar surface area (TPSA) is 12.0 Å². The van der Waals surface area contributed by atoms with Gasteiger partial charge in [0.15, 0.2) is 0 Å². The van der Waals surface area contributed by atoms with Gasteiger partial charge >= 0.3 is 0 Å². The second kappa shape index (κ2) is 11.5. The molecule has 0 fully saturated rings. The van der Waals surface area contributed by atoms with Gasteiger partial charge in [0, 0.05) is 6.54 Å². The van der Waals surface area contributed by atoms with Gasteiger partial charge in [-0.25, -0.2) is 0 Å². The van der Waals surface area contributed by atoms with Crippen LogP contribution in [0.4, 0.5) is 0 Å². The van der Waals surface area contributed by atoms with Crippen molar-refractivity contribution in [1.29, 1.82) is 0 Å². The Balaban J connectivity index is 0. The molecule has 0 saturated heterocycles. The van der Waals surface area contributed by atoms with Gasteiger partial charge in [-0.3, -0.25) is 0 Å². The summed E-state index contributed by atoms with van der Waals surface area (Å²) in [7, 11) is 0. The van der Waals surface area contributed by atoms with E-state index in [-0.39, 0.29) is 0 Å². The number of likely N-dealkylation sites (N-methyl/N-ethyl adjacent to an activating group) is 1. The minimum Gasteiger partial charge on any atom is -0.313 e. The van der Waals surface area contributed by atoms with Crippen LogP contribution in [0.25, 0.3) is 0 Å². The molecular weight excluding hydrogens is 122 g/mol. The molecule has 0 bridgehead atoms. The third-order valence-corrected chi connectivity index (χ3v) is 1.12. The first-order chi connectivity index (χ1) is 4.81. The molecule has 0 atom stereocenters. The van der Waals surface area contributed by atoms with Gasteiger partial charge in [0.1, 0.15) is 0 Å². The molecule has 0 amide bonds. The fraction of sp³-hybridized carbons (Fsp3) is 0.778. The third-order valence-electron chi connectivity index (χ3n) is 1.12. The summed E-state index contributed by atoms with van der Waals surface area (Å²) in [5, 5.41) is 3.20. The zero-order valence-electron chi connectivity index (χ0n) is 7.83. The van der Waals surface area contributed by atoms with Gasteiger partial charge < -0.3 is 5.32 Å². The lowest BCUT2D eigenvalue weighted by Gasteiger charge is -2.00. The van der Waals surface area contributed by atoms with Crippen molar-refractivity contribution in [2.75, 3.05) is 13.1 Å². The number of rotatable bonds is 4. The van der Waals surface area contributed by atoms with E-state index >= 15 is 0 Å². The van der Waals surface area contributed by atoms with Crippen LogP contribution in [-0.4, -0.2) is 13.1 Å². The normalized spacial score (nSPS) is 8.00. The summed E-state index contributed by atoms with van der Waals surface area (Å²) in [6.45, 7) is 14.1. The predicted molar refractivity (Wildman–Crippen MR) is 49.3 cm³/mol. The number of hydrogen-bond donors (Lipinski definition) is 1. The van der Waals surface area contributed by atoms with E-state index in [1.807, 2.05) is 13.8 Å². The highest BCUT2D eigenvalue weighted by atomic mass is 14.8. The van der Waals surface area contributed by atoms with Crippen LogP contribution in [0.5, 0.6) is 0 Å². The van der Waals surface area contributed by atoms with E-state index < -0.39 is 0 Å². The lowest BCUT2D eigenvalue weighted by atomic mass is 10.2. The maximum atomic E-state index is 3.85. The maximum absolute atomic E-state index is 3.85. The zero-order chi connectivity index (χ0) is 8.41. The molecule has 1 nitrogen and oxygen atoms in total. The minimum atomic E-state index is 0.979. The molecule has 62 valence electrons. The number of hydrogen-bond acceptors (Lipinski definition) is 1. The SMILES string of the molecule is C=C(CC)CNCC.CC. The van der Waals surface area contributed by atoms with E-state index in [0.717, 1.165) is 19.5 Å². The van der Waals surface area contributed by atoms with Crippen molar-refractivity contribution in [2.45, 2.75) is 34.1 Å². The fourth-order valence-corrected chi connectivity index (χ4v) is 0.427. The van der Waals surface area contributed by atoms with E-state index in [1.165, 1.54) is 5.57 Å². The summed E-state index contributed by atoms with van der Waals surface area (Å²) >= 11 is 0. The molecule has 1 heteroatoms. The molecule has 0 aliphatic rings. The van der Waals surface area contributed by atoms with E-state index in [9.17, 15) is 0 Å². The summed E-state index contributed by atoms with van der Waals surface area (Å²) in [4.78, 5) is 0. The third kappa shape index (κ3) is 10.6. The van der Waals surface area contributed by atoms with Gasteiger partial charge in [-0.1, -0.05) is 39.8 Å². The van der Waals surface area contributed by atoms with E-state index in [4.69, 9.17) is 0 Å². The molecule has 0 aliphatic heterocycles. The monoisotopic (exact) mass is 143 g/mol. The van der Waals surface area contributed by atoms with Crippen molar-refractivity contribution in [3.8, 4) is 0 Å². The van der Waals surface area contributed by atoms with Crippen LogP contribution < -0.4 is 5.32 Å². The Bertz CT molecular complexity index is 67.1. The molecular formula is C9H21N. The molecule has 0 aliphatic carbocycles. The van der Waals surface area contributed by atoms with Crippen LogP contribution >= 0.6 is 0 Å². The Morgan fingerprint density at radius 2 is 1.80 bits per heavy atom. The van der Waals surface area contributed by atoms with Crippen molar-refractivity contribution in [3.05, 3.63) is 12.2 Å². The molecule has 0 spiro atoms. The first-order valence-corrected chi connectivity index (χ1v) is 4.18. The first-order valence-electron chi connectivity index (χ1n) is 4.18. The summed E-state index contributed by atoms with van der Waals surface area (Å²) < 4.78 is 0. The second-order valence-corrected chi connectivity index (χ2v) is 1.88. The highest BCUT2D eigenvalue weighted by Crippen LogP contribution is 1.91. The van der Waals surface area contributed by atoms with Gasteiger partial charge in [-0.2, -0.15) is 0 Å². The van der Waals surface area contributed by atoms with E-state index in [0.29, 0.717) is 0 Å². The second-order valence-electron chi connectivity index (χ2n) is 1.88. The summed E-state index contributed by atoms with van der Waals surface area (Å²) in [6.07, 6.45) is 1.09. The minimum absolute atomic E-state index is 0.979. The molecule has 0 saturated carbocycles. The summed E-state index contributed by atoms with van der Waals surface area (Å²) in [5.74, 6) is 0. The van der Waals surface area contributed by atoms with Gasteiger partial charge in [0.25, 0.3) is 0 Å². The van der Waals surface area contributed by atoms with Crippen LogP contribution in [0.2, 0.25) is 0 Å². The van der Waals surface area contributed by atoms with Gasteiger partial charge in [-0.15, -0.1) is 0 Å². The molecule has 10 heavy (non-hydrogen) atoms. The van der Waals surface area contributed by atoms with Crippen molar-refractivity contribution >= 4 is 0 Å². The van der Waals surface area contributed by atoms with Crippen LogP contribution in [0.1, 0.15) is 34.1 Å². The Hall–Kier alpha value is -0.300. The van der Waals surface area contributed by atoms with Crippen molar-refractivity contribution in [2.24, 2.45) is 0 Å². The molecule has 0 aromatic heterocycles. The average molecular weight is 143 g/mol. The Labute approximate surface area is 65.5 Å².